The largest absolute Gasteiger partial charge is 0.496 e. The predicted octanol–water partition coefficient (Wildman–Crippen LogP) is 2.65. The van der Waals surface area contributed by atoms with Crippen molar-refractivity contribution in [2.45, 2.75) is 12.5 Å². The van der Waals surface area contributed by atoms with Crippen molar-refractivity contribution >= 4 is 23.2 Å². The molecule has 4 heteroatoms. The van der Waals surface area contributed by atoms with E-state index < -0.39 is 0 Å². The summed E-state index contributed by atoms with van der Waals surface area (Å²) in [6.07, 6.45) is 0.566. The third-order valence-electron chi connectivity index (χ3n) is 2.98. The lowest BCUT2D eigenvalue weighted by Crippen LogP contribution is -2.12. The van der Waals surface area contributed by atoms with E-state index in [4.69, 9.17) is 15.6 Å². The Bertz CT molecular complexity index is 516. The number of halogens is 1. The molecule has 0 aliphatic heterocycles. The van der Waals surface area contributed by atoms with Crippen LogP contribution in [0.1, 0.15) is 18.0 Å². The maximum atomic E-state index is 8.97. The molecule has 0 radical (unpaired) electrons. The van der Waals surface area contributed by atoms with E-state index in [-0.39, 0.29) is 25.1 Å². The number of fused-ring (bicyclic) bond motifs is 1. The molecule has 0 fully saturated rings. The zero-order chi connectivity index (χ0) is 12.3. The van der Waals surface area contributed by atoms with E-state index in [1.807, 2.05) is 36.4 Å². The van der Waals surface area contributed by atoms with Gasteiger partial charge >= 0.3 is 0 Å². The molecule has 0 amide bonds. The van der Waals surface area contributed by atoms with Crippen LogP contribution in [0.15, 0.2) is 36.4 Å². The molecule has 0 heterocycles. The minimum Gasteiger partial charge on any atom is -0.496 e. The van der Waals surface area contributed by atoms with Gasteiger partial charge in [-0.05, 0) is 23.4 Å². The highest BCUT2D eigenvalue weighted by Crippen LogP contribution is 2.31. The van der Waals surface area contributed by atoms with Gasteiger partial charge in [0.1, 0.15) is 5.75 Å². The van der Waals surface area contributed by atoms with Crippen LogP contribution in [0.4, 0.5) is 0 Å². The van der Waals surface area contributed by atoms with E-state index in [0.717, 1.165) is 22.1 Å². The maximum Gasteiger partial charge on any atom is 0.126 e. The second-order valence-electron chi connectivity index (χ2n) is 4.02. The standard InChI is InChI=1S/C14H17NO2.ClH/c1-17-14-7-6-11(13(15)8-9-16)10-4-2-3-5-12(10)14;/h2-7,13,16H,8-9,15H2,1H3;1H/t13-;/m1./s1. The SMILES string of the molecule is COc1ccc([C@H](N)CCO)c2ccccc12.Cl. The van der Waals surface area contributed by atoms with E-state index in [2.05, 4.69) is 0 Å². The Morgan fingerprint density at radius 1 is 1.17 bits per heavy atom. The van der Waals surface area contributed by atoms with Gasteiger partial charge in [-0.3, -0.25) is 0 Å². The fraction of sp³-hybridized carbons (Fsp3) is 0.286. The molecule has 2 rings (SSSR count). The number of rotatable bonds is 4. The first kappa shape index (κ1) is 14.8. The van der Waals surface area contributed by atoms with Crippen LogP contribution in [0.2, 0.25) is 0 Å². The monoisotopic (exact) mass is 267 g/mol. The molecule has 2 aromatic rings. The third-order valence-corrected chi connectivity index (χ3v) is 2.98. The van der Waals surface area contributed by atoms with Crippen LogP contribution in [-0.2, 0) is 0 Å². The Morgan fingerprint density at radius 2 is 1.83 bits per heavy atom. The van der Waals surface area contributed by atoms with Crippen molar-refractivity contribution < 1.29 is 9.84 Å². The first-order valence-electron chi connectivity index (χ1n) is 5.70. The number of benzene rings is 2. The first-order valence-corrected chi connectivity index (χ1v) is 5.70. The topological polar surface area (TPSA) is 55.5 Å². The fourth-order valence-corrected chi connectivity index (χ4v) is 2.09. The highest BCUT2D eigenvalue weighted by molar-refractivity contribution is 5.91. The van der Waals surface area contributed by atoms with E-state index >= 15 is 0 Å². The maximum absolute atomic E-state index is 8.97. The lowest BCUT2D eigenvalue weighted by molar-refractivity contribution is 0.277. The number of hydrogen-bond donors (Lipinski definition) is 2. The van der Waals surface area contributed by atoms with Gasteiger partial charge in [-0.2, -0.15) is 0 Å². The third kappa shape index (κ3) is 2.75. The van der Waals surface area contributed by atoms with Crippen LogP contribution in [-0.4, -0.2) is 18.8 Å². The molecule has 0 spiro atoms. The van der Waals surface area contributed by atoms with Crippen LogP contribution in [0.3, 0.4) is 0 Å². The van der Waals surface area contributed by atoms with E-state index in [9.17, 15) is 0 Å². The summed E-state index contributed by atoms with van der Waals surface area (Å²) in [6.45, 7) is 0.0987. The van der Waals surface area contributed by atoms with E-state index in [1.54, 1.807) is 7.11 Å². The van der Waals surface area contributed by atoms with Gasteiger partial charge in [0.2, 0.25) is 0 Å². The van der Waals surface area contributed by atoms with Gasteiger partial charge in [0.15, 0.2) is 0 Å². The summed E-state index contributed by atoms with van der Waals surface area (Å²) in [5.74, 6) is 0.848. The molecule has 0 bridgehead atoms. The molecule has 18 heavy (non-hydrogen) atoms. The van der Waals surface area contributed by atoms with Gasteiger partial charge in [0.25, 0.3) is 0 Å². The second-order valence-corrected chi connectivity index (χ2v) is 4.02. The normalized spacial score (nSPS) is 11.9. The number of aliphatic hydroxyl groups excluding tert-OH is 1. The van der Waals surface area contributed by atoms with Gasteiger partial charge in [-0.1, -0.05) is 30.3 Å². The summed E-state index contributed by atoms with van der Waals surface area (Å²) in [4.78, 5) is 0. The average molecular weight is 268 g/mol. The predicted molar refractivity (Wildman–Crippen MR) is 76.4 cm³/mol. The van der Waals surface area contributed by atoms with Crippen LogP contribution in [0.5, 0.6) is 5.75 Å². The number of hydrogen-bond acceptors (Lipinski definition) is 3. The number of ether oxygens (including phenoxy) is 1. The van der Waals surface area contributed by atoms with Crippen LogP contribution in [0, 0.1) is 0 Å². The smallest absolute Gasteiger partial charge is 0.126 e. The molecule has 3 nitrogen and oxygen atoms in total. The Balaban J connectivity index is 0.00000162. The lowest BCUT2D eigenvalue weighted by Gasteiger charge is -2.15. The molecule has 0 saturated heterocycles. The molecule has 1 atom stereocenters. The molecule has 3 N–H and O–H groups in total. The van der Waals surface area contributed by atoms with E-state index in [0.29, 0.717) is 6.42 Å². The zero-order valence-corrected chi connectivity index (χ0v) is 11.1. The van der Waals surface area contributed by atoms with Crippen molar-refractivity contribution in [2.75, 3.05) is 13.7 Å². The van der Waals surface area contributed by atoms with Crippen LogP contribution in [0.25, 0.3) is 10.8 Å². The molecule has 0 saturated carbocycles. The van der Waals surface area contributed by atoms with Crippen molar-refractivity contribution in [3.8, 4) is 5.75 Å². The Kier molecular flexibility index (Phi) is 5.41. The summed E-state index contributed by atoms with van der Waals surface area (Å²) in [5, 5.41) is 11.1. The minimum atomic E-state index is -0.143. The average Bonchev–Trinajstić information content (AvgIpc) is 2.37. The van der Waals surface area contributed by atoms with Gasteiger partial charge in [0, 0.05) is 18.0 Å². The summed E-state index contributed by atoms with van der Waals surface area (Å²) in [5.41, 5.74) is 7.11. The van der Waals surface area contributed by atoms with Gasteiger partial charge in [0.05, 0.1) is 7.11 Å². The second kappa shape index (κ2) is 6.59. The van der Waals surface area contributed by atoms with Crippen molar-refractivity contribution in [3.63, 3.8) is 0 Å². The molecule has 98 valence electrons. The van der Waals surface area contributed by atoms with Crippen LogP contribution < -0.4 is 10.5 Å². The van der Waals surface area contributed by atoms with Crippen LogP contribution >= 0.6 is 12.4 Å². The molecular weight excluding hydrogens is 250 g/mol. The summed E-state index contributed by atoms with van der Waals surface area (Å²) < 4.78 is 5.33. The molecule has 0 unspecified atom stereocenters. The van der Waals surface area contributed by atoms with Gasteiger partial charge in [-0.15, -0.1) is 12.4 Å². The number of nitrogens with two attached hydrogens (primary N) is 1. The first-order chi connectivity index (χ1) is 8.27. The van der Waals surface area contributed by atoms with Gasteiger partial charge < -0.3 is 15.6 Å². The highest BCUT2D eigenvalue weighted by Gasteiger charge is 2.11. The molecule has 2 aromatic carbocycles. The van der Waals surface area contributed by atoms with Crippen molar-refractivity contribution in [1.29, 1.82) is 0 Å². The molecule has 0 aliphatic rings. The molecule has 0 aromatic heterocycles. The fourth-order valence-electron chi connectivity index (χ4n) is 2.09. The summed E-state index contributed by atoms with van der Waals surface area (Å²) in [7, 11) is 1.66. The quantitative estimate of drug-likeness (QED) is 0.895. The van der Waals surface area contributed by atoms with Crippen molar-refractivity contribution in [1.82, 2.24) is 0 Å². The Hall–Kier alpha value is -1.29. The Labute approximate surface area is 113 Å². The van der Waals surface area contributed by atoms with Crippen molar-refractivity contribution in [3.05, 3.63) is 42.0 Å². The van der Waals surface area contributed by atoms with E-state index in [1.165, 1.54) is 0 Å². The molecule has 0 aliphatic carbocycles. The summed E-state index contributed by atoms with van der Waals surface area (Å²) >= 11 is 0. The number of methoxy groups -OCH3 is 1. The highest BCUT2D eigenvalue weighted by atomic mass is 35.5. The lowest BCUT2D eigenvalue weighted by atomic mass is 9.97. The zero-order valence-electron chi connectivity index (χ0n) is 10.3. The molecular formula is C14H18ClNO2. The summed E-state index contributed by atoms with van der Waals surface area (Å²) in [6, 6.07) is 11.8. The minimum absolute atomic E-state index is 0. The number of aliphatic hydroxyl groups is 1. The van der Waals surface area contributed by atoms with Crippen molar-refractivity contribution in [2.24, 2.45) is 5.73 Å². The Morgan fingerprint density at radius 3 is 2.44 bits per heavy atom. The van der Waals surface area contributed by atoms with Gasteiger partial charge in [-0.25, -0.2) is 0 Å².